The molecule has 5 rings (SSSR count). The maximum Gasteiger partial charge on any atom is 0.293 e. The molecule has 35 heavy (non-hydrogen) atoms. The fourth-order valence-corrected chi connectivity index (χ4v) is 4.18. The van der Waals surface area contributed by atoms with E-state index >= 15 is 0 Å². The number of aromatic amines is 1. The third-order valence-corrected chi connectivity index (χ3v) is 6.20. The number of rotatable bonds is 6. The zero-order chi connectivity index (χ0) is 24.6. The van der Waals surface area contributed by atoms with E-state index in [4.69, 9.17) is 4.52 Å². The molecule has 0 bridgehead atoms. The van der Waals surface area contributed by atoms with Crippen molar-refractivity contribution < 1.29 is 9.32 Å². The van der Waals surface area contributed by atoms with Gasteiger partial charge in [-0.3, -0.25) is 9.89 Å². The average molecular weight is 475 g/mol. The van der Waals surface area contributed by atoms with Gasteiger partial charge in [0, 0.05) is 24.2 Å². The van der Waals surface area contributed by atoms with Crippen LogP contribution < -0.4 is 16.0 Å². The third-order valence-electron chi connectivity index (χ3n) is 6.20. The molecule has 10 heteroatoms. The Morgan fingerprint density at radius 1 is 1.20 bits per heavy atom. The number of amides is 1. The molecule has 1 fully saturated rings. The van der Waals surface area contributed by atoms with Crippen LogP contribution in [0.5, 0.6) is 0 Å². The number of hydrogen-bond acceptors (Lipinski definition) is 8. The molecule has 0 unspecified atom stereocenters. The molecule has 4 heterocycles. The van der Waals surface area contributed by atoms with Crippen molar-refractivity contribution >= 4 is 22.8 Å². The van der Waals surface area contributed by atoms with Gasteiger partial charge in [0.2, 0.25) is 5.89 Å². The molecule has 3 aromatic heterocycles. The summed E-state index contributed by atoms with van der Waals surface area (Å²) in [6, 6.07) is 10.2. The summed E-state index contributed by atoms with van der Waals surface area (Å²) in [4.78, 5) is 21.3. The lowest BCUT2D eigenvalue weighted by atomic mass is 9.97. The lowest BCUT2D eigenvalue weighted by Crippen LogP contribution is -2.27. The first kappa shape index (κ1) is 23.0. The van der Waals surface area contributed by atoms with E-state index in [1.54, 1.807) is 6.20 Å². The Morgan fingerprint density at radius 3 is 2.69 bits per heavy atom. The molecule has 0 radical (unpaired) electrons. The Morgan fingerprint density at radius 2 is 2.00 bits per heavy atom. The second-order valence-electron chi connectivity index (χ2n) is 9.98. The zero-order valence-electron chi connectivity index (χ0n) is 20.3. The predicted molar refractivity (Wildman–Crippen MR) is 133 cm³/mol. The molecule has 10 nitrogen and oxygen atoms in total. The van der Waals surface area contributed by atoms with Crippen LogP contribution in [-0.2, 0) is 5.41 Å². The molecule has 1 aliphatic heterocycles. The van der Waals surface area contributed by atoms with Crippen LogP contribution >= 0.6 is 0 Å². The van der Waals surface area contributed by atoms with Crippen LogP contribution in [0.3, 0.4) is 0 Å². The number of anilines is 1. The molecule has 2 atom stereocenters. The summed E-state index contributed by atoms with van der Waals surface area (Å²) in [7, 11) is 0. The smallest absolute Gasteiger partial charge is 0.293 e. The molecular formula is C25H30N8O2. The van der Waals surface area contributed by atoms with Crippen molar-refractivity contribution in [2.24, 2.45) is 0 Å². The number of carbonyl (C=O) groups excluding carboxylic acids is 1. The average Bonchev–Trinajstić information content (AvgIpc) is 3.60. The minimum Gasteiger partial charge on any atom is -0.364 e. The summed E-state index contributed by atoms with van der Waals surface area (Å²) in [6.07, 6.45) is 2.84. The van der Waals surface area contributed by atoms with Crippen LogP contribution in [-0.4, -0.2) is 50.4 Å². The van der Waals surface area contributed by atoms with Crippen molar-refractivity contribution in [3.05, 3.63) is 53.8 Å². The highest BCUT2D eigenvalue weighted by Crippen LogP contribution is 2.32. The van der Waals surface area contributed by atoms with Crippen molar-refractivity contribution in [3.8, 4) is 11.1 Å². The maximum absolute atomic E-state index is 12.6. The minimum atomic E-state index is -0.368. The van der Waals surface area contributed by atoms with Gasteiger partial charge in [0.05, 0.1) is 11.4 Å². The van der Waals surface area contributed by atoms with Crippen molar-refractivity contribution in [1.29, 1.82) is 0 Å². The SMILES string of the molecule is C[C@H](NC(=O)c1noc(C(C)(C)C)n1)c1ccc(-c2ccnc3[nH]nc(N[C@@H]4CCNC4)c23)cc1. The minimum absolute atomic E-state index is 0.0371. The van der Waals surface area contributed by atoms with Crippen molar-refractivity contribution in [3.63, 3.8) is 0 Å². The highest BCUT2D eigenvalue weighted by molar-refractivity contribution is 6.00. The summed E-state index contributed by atoms with van der Waals surface area (Å²) >= 11 is 0. The molecule has 1 aromatic carbocycles. The fraction of sp³-hybridized carbons (Fsp3) is 0.400. The van der Waals surface area contributed by atoms with E-state index in [1.165, 1.54) is 0 Å². The topological polar surface area (TPSA) is 134 Å². The maximum atomic E-state index is 12.6. The van der Waals surface area contributed by atoms with Crippen molar-refractivity contribution in [2.75, 3.05) is 18.4 Å². The van der Waals surface area contributed by atoms with Gasteiger partial charge in [-0.05, 0) is 42.6 Å². The van der Waals surface area contributed by atoms with Gasteiger partial charge >= 0.3 is 0 Å². The van der Waals surface area contributed by atoms with E-state index in [-0.39, 0.29) is 23.2 Å². The number of hydrogen-bond donors (Lipinski definition) is 4. The standard InChI is InChI=1S/C25H30N8O2/c1-14(28-23(34)22-30-24(35-33-22)25(2,3)4)15-5-7-16(8-6-15)18-10-12-27-20-19(18)21(32-31-20)29-17-9-11-26-13-17/h5-8,10,12,14,17,26H,9,11,13H2,1-4H3,(H,28,34)(H2,27,29,31,32)/t14-,17+/m0/s1. The van der Waals surface area contributed by atoms with Crippen LogP contribution in [0.25, 0.3) is 22.2 Å². The van der Waals surface area contributed by atoms with Crippen molar-refractivity contribution in [2.45, 2.75) is 51.6 Å². The second-order valence-corrected chi connectivity index (χ2v) is 9.98. The van der Waals surface area contributed by atoms with Gasteiger partial charge in [0.15, 0.2) is 11.5 Å². The van der Waals surface area contributed by atoms with E-state index in [9.17, 15) is 4.79 Å². The highest BCUT2D eigenvalue weighted by atomic mass is 16.5. The zero-order valence-corrected chi connectivity index (χ0v) is 20.3. The summed E-state index contributed by atoms with van der Waals surface area (Å²) in [6.45, 7) is 9.72. The Balaban J connectivity index is 1.33. The van der Waals surface area contributed by atoms with Crippen LogP contribution in [0.2, 0.25) is 0 Å². The van der Waals surface area contributed by atoms with Crippen LogP contribution in [0, 0.1) is 0 Å². The molecule has 1 saturated heterocycles. The normalized spacial score (nSPS) is 17.0. The number of nitrogens with one attached hydrogen (secondary N) is 4. The van der Waals surface area contributed by atoms with Gasteiger partial charge in [0.1, 0.15) is 0 Å². The molecule has 0 saturated carbocycles. The lowest BCUT2D eigenvalue weighted by molar-refractivity contribution is 0.0926. The number of fused-ring (bicyclic) bond motifs is 1. The Bertz CT molecular complexity index is 1330. The van der Waals surface area contributed by atoms with Gasteiger partial charge in [-0.25, -0.2) is 4.98 Å². The summed E-state index contributed by atoms with van der Waals surface area (Å²) < 4.78 is 5.24. The Labute approximate surface area is 203 Å². The number of pyridine rings is 1. The van der Waals surface area contributed by atoms with Gasteiger partial charge in [-0.15, -0.1) is 0 Å². The molecule has 0 spiro atoms. The Kier molecular flexibility index (Phi) is 5.98. The quantitative estimate of drug-likeness (QED) is 0.333. The number of nitrogens with zero attached hydrogens (tertiary/aromatic N) is 4. The van der Waals surface area contributed by atoms with Gasteiger partial charge in [-0.2, -0.15) is 10.1 Å². The van der Waals surface area contributed by atoms with Crippen LogP contribution in [0.4, 0.5) is 5.82 Å². The molecule has 1 amide bonds. The lowest BCUT2D eigenvalue weighted by Gasteiger charge is -2.14. The second kappa shape index (κ2) is 9.10. The van der Waals surface area contributed by atoms with E-state index in [0.29, 0.717) is 11.9 Å². The monoisotopic (exact) mass is 474 g/mol. The van der Waals surface area contributed by atoms with Gasteiger partial charge in [0.25, 0.3) is 11.7 Å². The molecule has 1 aliphatic rings. The first-order valence-corrected chi connectivity index (χ1v) is 11.9. The summed E-state index contributed by atoms with van der Waals surface area (Å²) in [5, 5.41) is 22.2. The van der Waals surface area contributed by atoms with E-state index < -0.39 is 0 Å². The van der Waals surface area contributed by atoms with E-state index in [1.807, 2.05) is 58.0 Å². The first-order valence-electron chi connectivity index (χ1n) is 11.9. The number of H-pyrrole nitrogens is 1. The van der Waals surface area contributed by atoms with Gasteiger partial charge < -0.3 is 20.5 Å². The summed E-state index contributed by atoms with van der Waals surface area (Å²) in [5.74, 6) is 0.916. The van der Waals surface area contributed by atoms with E-state index in [0.717, 1.165) is 53.1 Å². The van der Waals surface area contributed by atoms with Gasteiger partial charge in [-0.1, -0.05) is 50.2 Å². The fourth-order valence-electron chi connectivity index (χ4n) is 4.18. The number of aromatic nitrogens is 5. The predicted octanol–water partition coefficient (Wildman–Crippen LogP) is 3.57. The summed E-state index contributed by atoms with van der Waals surface area (Å²) in [5.41, 5.74) is 3.48. The highest BCUT2D eigenvalue weighted by Gasteiger charge is 2.25. The van der Waals surface area contributed by atoms with E-state index in [2.05, 4.69) is 41.3 Å². The first-order chi connectivity index (χ1) is 16.8. The molecule has 4 N–H and O–H groups in total. The number of carbonyl (C=O) groups is 1. The molecule has 182 valence electrons. The Hall–Kier alpha value is -3.79. The molecule has 0 aliphatic carbocycles. The van der Waals surface area contributed by atoms with Crippen molar-refractivity contribution in [1.82, 2.24) is 36.0 Å². The third kappa shape index (κ3) is 4.74. The van der Waals surface area contributed by atoms with Crippen LogP contribution in [0.1, 0.15) is 62.2 Å². The number of benzene rings is 1. The largest absolute Gasteiger partial charge is 0.364 e. The molecular weight excluding hydrogens is 444 g/mol. The van der Waals surface area contributed by atoms with Crippen LogP contribution in [0.15, 0.2) is 41.1 Å². The molecule has 4 aromatic rings.